The first-order chi connectivity index (χ1) is 12.4. The molecule has 0 bridgehead atoms. The normalized spacial score (nSPS) is 9.80. The van der Waals surface area contributed by atoms with Crippen molar-refractivity contribution in [1.82, 2.24) is 0 Å². The van der Waals surface area contributed by atoms with Crippen molar-refractivity contribution in [1.29, 1.82) is 0 Å². The van der Waals surface area contributed by atoms with Crippen LogP contribution in [0.15, 0.2) is 0 Å². The Morgan fingerprint density at radius 3 is 1.24 bits per heavy atom. The van der Waals surface area contributed by atoms with Gasteiger partial charge in [0, 0.05) is 19.3 Å². The predicted octanol–water partition coefficient (Wildman–Crippen LogP) is 7.14. The molecule has 0 aromatic carbocycles. The largest absolute Gasteiger partial charge is 0.291 e. The minimum Gasteiger partial charge on any atom is -0.291 e. The van der Waals surface area contributed by atoms with Crippen molar-refractivity contribution in [2.75, 3.05) is 0 Å². The lowest BCUT2D eigenvalue weighted by molar-refractivity contribution is 0.540. The molecule has 0 N–H and O–H groups in total. The van der Waals surface area contributed by atoms with Crippen LogP contribution in [0.25, 0.3) is 0 Å². The number of rotatable bonds is 17. The fraction of sp³-hybridized carbons (Fsp3) is 0.792. The minimum atomic E-state index is 0.607. The SMILES string of the molecule is CCCCCCCCCCC#CC#CCCCCCCCCC[C]=O. The highest BCUT2D eigenvalue weighted by Gasteiger charge is 1.91. The highest BCUT2D eigenvalue weighted by molar-refractivity contribution is 5.50. The molecule has 0 rings (SSSR count). The van der Waals surface area contributed by atoms with Gasteiger partial charge in [0.1, 0.15) is 0 Å². The quantitative estimate of drug-likeness (QED) is 0.202. The second-order valence-corrected chi connectivity index (χ2v) is 6.95. The molecule has 0 aliphatic carbocycles. The number of unbranched alkanes of at least 4 members (excludes halogenated alkanes) is 16. The van der Waals surface area contributed by atoms with Crippen LogP contribution in [0.5, 0.6) is 0 Å². The van der Waals surface area contributed by atoms with Gasteiger partial charge in [0.05, 0.1) is 0 Å². The average molecular weight is 344 g/mol. The van der Waals surface area contributed by atoms with Gasteiger partial charge in [-0.05, 0) is 31.1 Å². The van der Waals surface area contributed by atoms with Crippen LogP contribution in [0.2, 0.25) is 0 Å². The summed E-state index contributed by atoms with van der Waals surface area (Å²) in [4.78, 5) is 10.1. The molecule has 0 aliphatic heterocycles. The summed E-state index contributed by atoms with van der Waals surface area (Å²) in [6.45, 7) is 2.27. The van der Waals surface area contributed by atoms with Crippen LogP contribution in [0.3, 0.4) is 0 Å². The van der Waals surface area contributed by atoms with Crippen LogP contribution >= 0.6 is 0 Å². The van der Waals surface area contributed by atoms with E-state index in [1.54, 1.807) is 0 Å². The van der Waals surface area contributed by atoms with Gasteiger partial charge < -0.3 is 0 Å². The van der Waals surface area contributed by atoms with Gasteiger partial charge in [-0.2, -0.15) is 0 Å². The van der Waals surface area contributed by atoms with Gasteiger partial charge in [-0.25, -0.2) is 0 Å². The van der Waals surface area contributed by atoms with E-state index < -0.39 is 0 Å². The summed E-state index contributed by atoms with van der Waals surface area (Å²) in [6, 6.07) is 0. The molecule has 0 heterocycles. The van der Waals surface area contributed by atoms with Gasteiger partial charge in [-0.15, -0.1) is 0 Å². The summed E-state index contributed by atoms with van der Waals surface area (Å²) in [6.07, 6.45) is 23.8. The zero-order valence-corrected chi connectivity index (χ0v) is 16.6. The van der Waals surface area contributed by atoms with E-state index >= 15 is 0 Å². The predicted molar refractivity (Wildman–Crippen MR) is 110 cm³/mol. The maximum Gasteiger partial charge on any atom is 0.198 e. The average Bonchev–Trinajstić information content (AvgIpc) is 2.63. The highest BCUT2D eigenvalue weighted by Crippen LogP contribution is 2.09. The molecule has 0 aromatic rings. The Bertz CT molecular complexity index is 388. The van der Waals surface area contributed by atoms with Crippen LogP contribution in [0.4, 0.5) is 0 Å². The van der Waals surface area contributed by atoms with E-state index in [-0.39, 0.29) is 0 Å². The molecule has 0 saturated carbocycles. The molecule has 0 fully saturated rings. The van der Waals surface area contributed by atoms with Crippen LogP contribution in [-0.4, -0.2) is 6.29 Å². The van der Waals surface area contributed by atoms with Crippen molar-refractivity contribution in [3.63, 3.8) is 0 Å². The van der Waals surface area contributed by atoms with Crippen molar-refractivity contribution in [2.24, 2.45) is 0 Å². The third-order valence-corrected chi connectivity index (χ3v) is 4.48. The lowest BCUT2D eigenvalue weighted by Crippen LogP contribution is -1.81. The summed E-state index contributed by atoms with van der Waals surface area (Å²) in [5, 5.41) is 0. The Balaban J connectivity index is 3.23. The molecule has 0 saturated heterocycles. The Hall–Kier alpha value is -1.21. The van der Waals surface area contributed by atoms with Crippen molar-refractivity contribution in [2.45, 2.75) is 122 Å². The topological polar surface area (TPSA) is 17.1 Å². The first kappa shape index (κ1) is 23.8. The van der Waals surface area contributed by atoms with Crippen molar-refractivity contribution in [3.05, 3.63) is 0 Å². The van der Waals surface area contributed by atoms with Gasteiger partial charge in [-0.1, -0.05) is 95.8 Å². The van der Waals surface area contributed by atoms with Crippen LogP contribution in [-0.2, 0) is 4.79 Å². The van der Waals surface area contributed by atoms with Crippen molar-refractivity contribution >= 4 is 6.29 Å². The smallest absolute Gasteiger partial charge is 0.198 e. The van der Waals surface area contributed by atoms with E-state index in [0.29, 0.717) is 6.42 Å². The molecule has 0 atom stereocenters. The summed E-state index contributed by atoms with van der Waals surface area (Å²) in [7, 11) is 0. The second-order valence-electron chi connectivity index (χ2n) is 6.95. The molecular formula is C24H39O. The van der Waals surface area contributed by atoms with E-state index in [1.807, 2.05) is 6.29 Å². The Morgan fingerprint density at radius 1 is 0.480 bits per heavy atom. The third-order valence-electron chi connectivity index (χ3n) is 4.48. The van der Waals surface area contributed by atoms with Crippen molar-refractivity contribution in [3.8, 4) is 23.7 Å². The third kappa shape index (κ3) is 22.8. The zero-order chi connectivity index (χ0) is 18.3. The van der Waals surface area contributed by atoms with E-state index in [4.69, 9.17) is 0 Å². The number of hydrogen-bond acceptors (Lipinski definition) is 1. The molecule has 0 aromatic heterocycles. The molecule has 0 spiro atoms. The molecule has 0 unspecified atom stereocenters. The van der Waals surface area contributed by atoms with Gasteiger partial charge in [0.15, 0.2) is 6.29 Å². The highest BCUT2D eigenvalue weighted by atomic mass is 16.1. The van der Waals surface area contributed by atoms with E-state index in [2.05, 4.69) is 30.6 Å². The van der Waals surface area contributed by atoms with Crippen molar-refractivity contribution < 1.29 is 4.79 Å². The van der Waals surface area contributed by atoms with E-state index in [9.17, 15) is 4.79 Å². The standard InChI is InChI=1S/C24H39O/c1-2-3-4-5-6-7-8-9-10-11-12-13-14-15-16-17-18-19-20-21-22-23-24-25/h2-10,15-23H2,1H3. The summed E-state index contributed by atoms with van der Waals surface area (Å²) >= 11 is 0. The zero-order valence-electron chi connectivity index (χ0n) is 16.6. The van der Waals surface area contributed by atoms with E-state index in [0.717, 1.165) is 19.3 Å². The first-order valence-electron chi connectivity index (χ1n) is 10.7. The molecule has 0 aliphatic rings. The molecule has 25 heavy (non-hydrogen) atoms. The van der Waals surface area contributed by atoms with Gasteiger partial charge >= 0.3 is 0 Å². The second kappa shape index (κ2) is 22.8. The van der Waals surface area contributed by atoms with Gasteiger partial charge in [0.25, 0.3) is 0 Å². The molecule has 1 radical (unpaired) electrons. The summed E-state index contributed by atoms with van der Waals surface area (Å²) < 4.78 is 0. The molecule has 1 nitrogen and oxygen atoms in total. The molecule has 0 amide bonds. The maximum absolute atomic E-state index is 10.1. The van der Waals surface area contributed by atoms with Crippen LogP contribution in [0.1, 0.15) is 122 Å². The monoisotopic (exact) mass is 343 g/mol. The summed E-state index contributed by atoms with van der Waals surface area (Å²) in [5.41, 5.74) is 0. The molecular weight excluding hydrogens is 304 g/mol. The maximum atomic E-state index is 10.1. The Kier molecular flexibility index (Phi) is 21.7. The Labute approximate surface area is 157 Å². The first-order valence-corrected chi connectivity index (χ1v) is 10.7. The lowest BCUT2D eigenvalue weighted by atomic mass is 10.1. The van der Waals surface area contributed by atoms with Gasteiger partial charge in [-0.3, -0.25) is 4.79 Å². The van der Waals surface area contributed by atoms with Crippen LogP contribution in [0, 0.1) is 23.7 Å². The fourth-order valence-corrected chi connectivity index (χ4v) is 2.86. The lowest BCUT2D eigenvalue weighted by Gasteiger charge is -1.99. The van der Waals surface area contributed by atoms with E-state index in [1.165, 1.54) is 89.9 Å². The minimum absolute atomic E-state index is 0.607. The van der Waals surface area contributed by atoms with Gasteiger partial charge in [0.2, 0.25) is 0 Å². The number of carbonyl (C=O) groups excluding carboxylic acids is 1. The van der Waals surface area contributed by atoms with Crippen LogP contribution < -0.4 is 0 Å². The fourth-order valence-electron chi connectivity index (χ4n) is 2.86. The molecule has 141 valence electrons. The number of hydrogen-bond donors (Lipinski definition) is 0. The Morgan fingerprint density at radius 2 is 0.840 bits per heavy atom. The molecule has 1 heteroatoms. The summed E-state index contributed by atoms with van der Waals surface area (Å²) in [5.74, 6) is 12.3.